The Morgan fingerprint density at radius 2 is 2.25 bits per heavy atom. The molecular weight excluding hydrogens is 372 g/mol. The molecule has 3 heterocycles. The molecule has 6 nitrogen and oxygen atoms in total. The summed E-state index contributed by atoms with van der Waals surface area (Å²) in [6.07, 6.45) is 4.90. The number of hydrogen-bond acceptors (Lipinski definition) is 5. The van der Waals surface area contributed by atoms with Crippen molar-refractivity contribution in [1.29, 1.82) is 0 Å². The molecule has 2 atom stereocenters. The van der Waals surface area contributed by atoms with E-state index in [-0.39, 0.29) is 0 Å². The SMILES string of the molecule is CCN(C)c1ccc(S(=O)n2cc(C3CCNC3)c3ncccc32)cc1OC. The third-order valence-electron chi connectivity index (χ3n) is 5.47. The largest absolute Gasteiger partial charge is 0.495 e. The zero-order valence-electron chi connectivity index (χ0n) is 16.5. The molecule has 0 spiro atoms. The Kier molecular flexibility index (Phi) is 5.37. The number of nitrogens with zero attached hydrogens (tertiary/aromatic N) is 3. The molecule has 4 rings (SSSR count). The highest BCUT2D eigenvalue weighted by Gasteiger charge is 2.24. The first-order valence-electron chi connectivity index (χ1n) is 9.62. The van der Waals surface area contributed by atoms with Gasteiger partial charge in [-0.05, 0) is 44.2 Å². The fourth-order valence-corrected chi connectivity index (χ4v) is 4.93. The van der Waals surface area contributed by atoms with E-state index in [4.69, 9.17) is 4.74 Å². The van der Waals surface area contributed by atoms with E-state index in [2.05, 4.69) is 22.1 Å². The number of rotatable bonds is 6. The Bertz CT molecular complexity index is 1010. The third-order valence-corrected chi connectivity index (χ3v) is 6.79. The first-order valence-corrected chi connectivity index (χ1v) is 10.7. The highest BCUT2D eigenvalue weighted by Crippen LogP contribution is 2.33. The van der Waals surface area contributed by atoms with E-state index in [1.807, 2.05) is 47.5 Å². The van der Waals surface area contributed by atoms with Gasteiger partial charge in [0.15, 0.2) is 11.0 Å². The molecule has 3 aromatic rings. The highest BCUT2D eigenvalue weighted by molar-refractivity contribution is 7.83. The van der Waals surface area contributed by atoms with Gasteiger partial charge in [0.1, 0.15) is 5.75 Å². The topological polar surface area (TPSA) is 59.4 Å². The molecule has 2 unspecified atom stereocenters. The number of aromatic nitrogens is 2. The molecule has 0 saturated carbocycles. The Hall–Kier alpha value is -2.38. The second kappa shape index (κ2) is 7.93. The molecule has 0 aliphatic carbocycles. The van der Waals surface area contributed by atoms with Crippen molar-refractivity contribution in [3.8, 4) is 5.75 Å². The monoisotopic (exact) mass is 398 g/mol. The predicted octanol–water partition coefficient (Wildman–Crippen LogP) is 3.15. The fraction of sp³-hybridized carbons (Fsp3) is 0.381. The summed E-state index contributed by atoms with van der Waals surface area (Å²) in [6.45, 7) is 4.90. The van der Waals surface area contributed by atoms with Gasteiger partial charge in [-0.3, -0.25) is 8.96 Å². The van der Waals surface area contributed by atoms with E-state index in [1.165, 1.54) is 5.56 Å². The lowest BCUT2D eigenvalue weighted by molar-refractivity contribution is 0.414. The van der Waals surface area contributed by atoms with Crippen molar-refractivity contribution in [2.45, 2.75) is 24.2 Å². The molecule has 7 heteroatoms. The number of benzene rings is 1. The summed E-state index contributed by atoms with van der Waals surface area (Å²) in [4.78, 5) is 7.40. The van der Waals surface area contributed by atoms with Crippen molar-refractivity contribution in [3.05, 3.63) is 48.3 Å². The molecular formula is C21H26N4O2S. The third kappa shape index (κ3) is 3.29. The minimum absolute atomic E-state index is 0.408. The van der Waals surface area contributed by atoms with Crippen LogP contribution in [0.5, 0.6) is 5.75 Å². The van der Waals surface area contributed by atoms with Crippen LogP contribution in [0.4, 0.5) is 5.69 Å². The maximum absolute atomic E-state index is 13.5. The molecule has 2 aromatic heterocycles. The van der Waals surface area contributed by atoms with Crippen LogP contribution in [0.25, 0.3) is 11.0 Å². The van der Waals surface area contributed by atoms with Gasteiger partial charge < -0.3 is 15.0 Å². The number of ether oxygens (including phenoxy) is 1. The van der Waals surface area contributed by atoms with Gasteiger partial charge in [-0.1, -0.05) is 0 Å². The summed E-state index contributed by atoms with van der Waals surface area (Å²) < 4.78 is 20.9. The first kappa shape index (κ1) is 19.0. The van der Waals surface area contributed by atoms with Crippen molar-refractivity contribution < 1.29 is 8.95 Å². The molecule has 1 saturated heterocycles. The van der Waals surface area contributed by atoms with E-state index < -0.39 is 11.0 Å². The minimum Gasteiger partial charge on any atom is -0.495 e. The summed E-state index contributed by atoms with van der Waals surface area (Å²) in [5, 5.41) is 3.41. The van der Waals surface area contributed by atoms with E-state index in [0.717, 1.165) is 48.5 Å². The zero-order chi connectivity index (χ0) is 19.7. The van der Waals surface area contributed by atoms with Crippen molar-refractivity contribution >= 4 is 27.7 Å². The smallest absolute Gasteiger partial charge is 0.157 e. The standard InChI is InChI=1S/C21H26N4O2S/c1-4-24(2)18-8-7-16(12-20(18)27-3)28(26)25-14-17(15-9-11-22-13-15)21-19(25)6-5-10-23-21/h5-8,10,12,14-15,22H,4,9,11,13H2,1-3H3. The number of methoxy groups -OCH3 is 1. The van der Waals surface area contributed by atoms with Gasteiger partial charge in [0.25, 0.3) is 0 Å². The first-order chi connectivity index (χ1) is 13.6. The second-order valence-electron chi connectivity index (χ2n) is 7.07. The average Bonchev–Trinajstić information content (AvgIpc) is 3.40. The van der Waals surface area contributed by atoms with Crippen molar-refractivity contribution in [2.24, 2.45) is 0 Å². The lowest BCUT2D eigenvalue weighted by atomic mass is 10.0. The number of pyridine rings is 1. The predicted molar refractivity (Wildman–Crippen MR) is 114 cm³/mol. The minimum atomic E-state index is -1.38. The lowest BCUT2D eigenvalue weighted by Gasteiger charge is -2.20. The van der Waals surface area contributed by atoms with Crippen LogP contribution in [0.3, 0.4) is 0 Å². The van der Waals surface area contributed by atoms with E-state index in [0.29, 0.717) is 10.8 Å². The lowest BCUT2D eigenvalue weighted by Crippen LogP contribution is -2.17. The van der Waals surface area contributed by atoms with Gasteiger partial charge in [0.05, 0.1) is 28.7 Å². The Morgan fingerprint density at radius 3 is 2.96 bits per heavy atom. The van der Waals surface area contributed by atoms with Crippen LogP contribution in [-0.2, 0) is 11.0 Å². The van der Waals surface area contributed by atoms with E-state index in [1.54, 1.807) is 13.3 Å². The number of nitrogens with one attached hydrogen (secondary N) is 1. The Labute approximate surface area is 168 Å². The molecule has 148 valence electrons. The van der Waals surface area contributed by atoms with Crippen molar-refractivity contribution in [2.75, 3.05) is 38.7 Å². The van der Waals surface area contributed by atoms with Crippen LogP contribution in [0.1, 0.15) is 24.8 Å². The quantitative estimate of drug-likeness (QED) is 0.691. The van der Waals surface area contributed by atoms with E-state index in [9.17, 15) is 4.21 Å². The van der Waals surface area contributed by atoms with Gasteiger partial charge in [0.2, 0.25) is 0 Å². The number of fused-ring (bicyclic) bond motifs is 1. The molecule has 1 fully saturated rings. The normalized spacial score (nSPS) is 17.8. The summed E-state index contributed by atoms with van der Waals surface area (Å²) in [7, 11) is 2.29. The molecule has 1 aliphatic rings. The zero-order valence-corrected chi connectivity index (χ0v) is 17.3. The Morgan fingerprint density at radius 1 is 1.39 bits per heavy atom. The van der Waals surface area contributed by atoms with Gasteiger partial charge in [-0.25, -0.2) is 4.21 Å². The maximum Gasteiger partial charge on any atom is 0.157 e. The van der Waals surface area contributed by atoms with Gasteiger partial charge in [0, 0.05) is 50.1 Å². The Balaban J connectivity index is 1.77. The molecule has 1 aliphatic heterocycles. The van der Waals surface area contributed by atoms with Gasteiger partial charge in [-0.2, -0.15) is 0 Å². The van der Waals surface area contributed by atoms with Crippen molar-refractivity contribution in [3.63, 3.8) is 0 Å². The maximum atomic E-state index is 13.5. The highest BCUT2D eigenvalue weighted by atomic mass is 32.2. The van der Waals surface area contributed by atoms with Gasteiger partial charge in [-0.15, -0.1) is 0 Å². The average molecular weight is 399 g/mol. The summed E-state index contributed by atoms with van der Waals surface area (Å²) in [5.74, 6) is 1.13. The summed E-state index contributed by atoms with van der Waals surface area (Å²) in [6, 6.07) is 9.65. The van der Waals surface area contributed by atoms with Crippen LogP contribution < -0.4 is 15.0 Å². The summed E-state index contributed by atoms with van der Waals surface area (Å²) in [5.41, 5.74) is 4.00. The molecule has 0 amide bonds. The van der Waals surface area contributed by atoms with Crippen LogP contribution in [0, 0.1) is 0 Å². The molecule has 0 bridgehead atoms. The number of anilines is 1. The number of hydrogen-bond donors (Lipinski definition) is 1. The van der Waals surface area contributed by atoms with Crippen LogP contribution in [0.2, 0.25) is 0 Å². The second-order valence-corrected chi connectivity index (χ2v) is 8.43. The van der Waals surface area contributed by atoms with Crippen LogP contribution in [-0.4, -0.2) is 47.0 Å². The van der Waals surface area contributed by atoms with Crippen LogP contribution >= 0.6 is 0 Å². The van der Waals surface area contributed by atoms with Crippen LogP contribution in [0.15, 0.2) is 47.6 Å². The molecule has 0 radical (unpaired) electrons. The van der Waals surface area contributed by atoms with E-state index >= 15 is 0 Å². The van der Waals surface area contributed by atoms with Gasteiger partial charge >= 0.3 is 0 Å². The molecule has 1 aromatic carbocycles. The van der Waals surface area contributed by atoms with Crippen molar-refractivity contribution in [1.82, 2.24) is 14.3 Å². The summed E-state index contributed by atoms with van der Waals surface area (Å²) >= 11 is 0. The molecule has 1 N–H and O–H groups in total. The molecule has 28 heavy (non-hydrogen) atoms. The fourth-order valence-electron chi connectivity index (χ4n) is 3.78.